The molecule has 0 saturated heterocycles. The van der Waals surface area contributed by atoms with Crippen LogP contribution < -0.4 is 5.32 Å². The Balaban J connectivity index is 2.30. The first-order chi connectivity index (χ1) is 6.72. The number of hydrogen-bond donors (Lipinski definition) is 1. The molecule has 0 spiro atoms. The van der Waals surface area contributed by atoms with Gasteiger partial charge >= 0.3 is 0 Å². The molecule has 2 rings (SSSR count). The van der Waals surface area contributed by atoms with Crippen LogP contribution in [0.3, 0.4) is 0 Å². The van der Waals surface area contributed by atoms with Crippen LogP contribution in [0.1, 0.15) is 24.5 Å². The first kappa shape index (κ1) is 9.40. The molecule has 1 aliphatic heterocycles. The van der Waals surface area contributed by atoms with Gasteiger partial charge in [0, 0.05) is 10.9 Å². The molecular formula is C10H12N2OS. The van der Waals surface area contributed by atoms with Crippen molar-refractivity contribution in [3.63, 3.8) is 0 Å². The molecule has 0 fully saturated rings. The Morgan fingerprint density at radius 2 is 2.36 bits per heavy atom. The molecule has 1 aliphatic rings. The summed E-state index contributed by atoms with van der Waals surface area (Å²) in [5, 5.41) is 6.89. The smallest absolute Gasteiger partial charge is 0.250 e. The molecular weight excluding hydrogens is 196 g/mol. The quantitative estimate of drug-likeness (QED) is 0.789. The van der Waals surface area contributed by atoms with E-state index in [-0.39, 0.29) is 11.9 Å². The number of aryl methyl sites for hydroxylation is 1. The number of carbonyl (C=O) groups excluding carboxylic acids is 1. The molecule has 0 radical (unpaired) electrons. The van der Waals surface area contributed by atoms with E-state index in [9.17, 15) is 4.79 Å². The Kier molecular flexibility index (Phi) is 2.37. The van der Waals surface area contributed by atoms with E-state index in [1.807, 2.05) is 19.2 Å². The SMILES string of the molecule is CCC1N=C(c2cscc2C)NC1=O. The van der Waals surface area contributed by atoms with Crippen LogP contribution in [0.2, 0.25) is 0 Å². The van der Waals surface area contributed by atoms with E-state index in [0.29, 0.717) is 0 Å². The number of aliphatic imine (C=N–C) groups is 1. The third-order valence-corrected chi connectivity index (χ3v) is 3.19. The number of nitrogens with zero attached hydrogens (tertiary/aromatic N) is 1. The fraction of sp³-hybridized carbons (Fsp3) is 0.400. The summed E-state index contributed by atoms with van der Waals surface area (Å²) in [4.78, 5) is 15.8. The van der Waals surface area contributed by atoms with E-state index >= 15 is 0 Å². The molecule has 2 heterocycles. The first-order valence-corrected chi connectivity index (χ1v) is 5.58. The summed E-state index contributed by atoms with van der Waals surface area (Å²) >= 11 is 1.63. The second-order valence-corrected chi connectivity index (χ2v) is 4.10. The summed E-state index contributed by atoms with van der Waals surface area (Å²) in [6.07, 6.45) is 0.762. The summed E-state index contributed by atoms with van der Waals surface area (Å²) in [6, 6.07) is -0.190. The average Bonchev–Trinajstić information content (AvgIpc) is 2.71. The van der Waals surface area contributed by atoms with Crippen LogP contribution in [0.5, 0.6) is 0 Å². The summed E-state index contributed by atoms with van der Waals surface area (Å²) in [7, 11) is 0. The molecule has 0 aromatic carbocycles. The van der Waals surface area contributed by atoms with E-state index in [4.69, 9.17) is 0 Å². The van der Waals surface area contributed by atoms with Crippen LogP contribution in [-0.4, -0.2) is 17.8 Å². The Morgan fingerprint density at radius 1 is 1.57 bits per heavy atom. The van der Waals surface area contributed by atoms with Gasteiger partial charge in [0.15, 0.2) is 0 Å². The van der Waals surface area contributed by atoms with Crippen LogP contribution in [-0.2, 0) is 4.79 Å². The summed E-state index contributed by atoms with van der Waals surface area (Å²) in [5.74, 6) is 0.758. The molecule has 1 amide bonds. The van der Waals surface area contributed by atoms with Gasteiger partial charge in [0.1, 0.15) is 11.9 Å². The molecule has 74 valence electrons. The van der Waals surface area contributed by atoms with Crippen molar-refractivity contribution in [2.45, 2.75) is 26.3 Å². The minimum absolute atomic E-state index is 0.0214. The molecule has 0 aliphatic carbocycles. The topological polar surface area (TPSA) is 41.5 Å². The predicted octanol–water partition coefficient (Wildman–Crippen LogP) is 1.71. The molecule has 1 atom stereocenters. The Morgan fingerprint density at radius 3 is 2.86 bits per heavy atom. The minimum atomic E-state index is -0.190. The molecule has 3 nitrogen and oxygen atoms in total. The molecule has 1 aromatic heterocycles. The number of thiophene rings is 1. The van der Waals surface area contributed by atoms with Gasteiger partial charge in [-0.1, -0.05) is 6.92 Å². The van der Waals surface area contributed by atoms with Gasteiger partial charge in [-0.15, -0.1) is 0 Å². The first-order valence-electron chi connectivity index (χ1n) is 4.64. The van der Waals surface area contributed by atoms with Crippen molar-refractivity contribution in [2.75, 3.05) is 0 Å². The van der Waals surface area contributed by atoms with Gasteiger partial charge in [0.05, 0.1) is 0 Å². The maximum Gasteiger partial charge on any atom is 0.250 e. The summed E-state index contributed by atoms with van der Waals surface area (Å²) < 4.78 is 0. The molecule has 4 heteroatoms. The summed E-state index contributed by atoms with van der Waals surface area (Å²) in [5.41, 5.74) is 2.23. The normalized spacial score (nSPS) is 20.9. The number of hydrogen-bond acceptors (Lipinski definition) is 3. The van der Waals surface area contributed by atoms with Crippen LogP contribution in [0, 0.1) is 6.92 Å². The van der Waals surface area contributed by atoms with E-state index < -0.39 is 0 Å². The van der Waals surface area contributed by atoms with Gasteiger partial charge in [-0.2, -0.15) is 11.3 Å². The standard InChI is InChI=1S/C10H12N2OS/c1-3-8-10(13)12-9(11-8)7-5-14-4-6(7)2/h4-5,8H,3H2,1-2H3,(H,11,12,13). The molecule has 0 saturated carbocycles. The number of amidine groups is 1. The highest BCUT2D eigenvalue weighted by atomic mass is 32.1. The second-order valence-electron chi connectivity index (χ2n) is 3.36. The van der Waals surface area contributed by atoms with E-state index in [1.54, 1.807) is 11.3 Å². The summed E-state index contributed by atoms with van der Waals surface area (Å²) in [6.45, 7) is 4.00. The van der Waals surface area contributed by atoms with Gasteiger partial charge in [-0.05, 0) is 24.3 Å². The molecule has 1 unspecified atom stereocenters. The largest absolute Gasteiger partial charge is 0.309 e. The van der Waals surface area contributed by atoms with E-state index in [0.717, 1.165) is 17.8 Å². The van der Waals surface area contributed by atoms with Crippen molar-refractivity contribution in [1.82, 2.24) is 5.32 Å². The van der Waals surface area contributed by atoms with Crippen molar-refractivity contribution in [1.29, 1.82) is 0 Å². The number of nitrogens with one attached hydrogen (secondary N) is 1. The lowest BCUT2D eigenvalue weighted by Gasteiger charge is -1.98. The van der Waals surface area contributed by atoms with Crippen molar-refractivity contribution in [3.8, 4) is 0 Å². The zero-order chi connectivity index (χ0) is 10.1. The Labute approximate surface area is 86.9 Å². The van der Waals surface area contributed by atoms with Crippen molar-refractivity contribution < 1.29 is 4.79 Å². The van der Waals surface area contributed by atoms with E-state index in [1.165, 1.54) is 5.56 Å². The van der Waals surface area contributed by atoms with Gasteiger partial charge in [0.25, 0.3) is 0 Å². The van der Waals surface area contributed by atoms with Gasteiger partial charge in [-0.25, -0.2) is 0 Å². The van der Waals surface area contributed by atoms with E-state index in [2.05, 4.69) is 15.7 Å². The third kappa shape index (κ3) is 1.46. The number of rotatable bonds is 2. The fourth-order valence-electron chi connectivity index (χ4n) is 1.46. The van der Waals surface area contributed by atoms with Gasteiger partial charge in [0.2, 0.25) is 5.91 Å². The zero-order valence-corrected chi connectivity index (χ0v) is 9.02. The van der Waals surface area contributed by atoms with Crippen molar-refractivity contribution in [3.05, 3.63) is 21.9 Å². The van der Waals surface area contributed by atoms with Crippen molar-refractivity contribution >= 4 is 23.1 Å². The van der Waals surface area contributed by atoms with Crippen LogP contribution in [0.4, 0.5) is 0 Å². The predicted molar refractivity (Wildman–Crippen MR) is 57.8 cm³/mol. The zero-order valence-electron chi connectivity index (χ0n) is 8.20. The molecule has 0 bridgehead atoms. The van der Waals surface area contributed by atoms with Crippen LogP contribution in [0.25, 0.3) is 0 Å². The molecule has 1 aromatic rings. The minimum Gasteiger partial charge on any atom is -0.309 e. The lowest BCUT2D eigenvalue weighted by Crippen LogP contribution is -2.28. The Bertz CT molecular complexity index is 395. The van der Waals surface area contributed by atoms with Crippen LogP contribution in [0.15, 0.2) is 15.8 Å². The highest BCUT2D eigenvalue weighted by molar-refractivity contribution is 7.08. The molecule has 1 N–H and O–H groups in total. The fourth-order valence-corrected chi connectivity index (χ4v) is 2.30. The number of amides is 1. The van der Waals surface area contributed by atoms with Crippen LogP contribution >= 0.6 is 11.3 Å². The second kappa shape index (κ2) is 3.53. The average molecular weight is 208 g/mol. The number of carbonyl (C=O) groups is 1. The monoisotopic (exact) mass is 208 g/mol. The van der Waals surface area contributed by atoms with Gasteiger partial charge < -0.3 is 5.32 Å². The van der Waals surface area contributed by atoms with Gasteiger partial charge in [-0.3, -0.25) is 9.79 Å². The maximum absolute atomic E-state index is 11.4. The Hall–Kier alpha value is -1.16. The lowest BCUT2D eigenvalue weighted by atomic mass is 10.2. The maximum atomic E-state index is 11.4. The van der Waals surface area contributed by atoms with Crippen molar-refractivity contribution in [2.24, 2.45) is 4.99 Å². The highest BCUT2D eigenvalue weighted by Crippen LogP contribution is 2.17. The molecule has 14 heavy (non-hydrogen) atoms. The lowest BCUT2D eigenvalue weighted by molar-refractivity contribution is -0.120. The third-order valence-electron chi connectivity index (χ3n) is 2.33. The highest BCUT2D eigenvalue weighted by Gasteiger charge is 2.25.